The third kappa shape index (κ3) is 1.44. The first kappa shape index (κ1) is 5.60. The number of thioether (sulfide) groups is 1. The third-order valence-electron chi connectivity index (χ3n) is 0.567. The fourth-order valence-electron chi connectivity index (χ4n) is 0.308. The van der Waals surface area contributed by atoms with Crippen molar-refractivity contribution in [2.75, 3.05) is 5.88 Å². The summed E-state index contributed by atoms with van der Waals surface area (Å²) < 4.78 is 2.28. The van der Waals surface area contributed by atoms with E-state index in [1.807, 2.05) is 0 Å². The smallest absolute Gasteiger partial charge is 0.0925 e. The lowest BCUT2D eigenvalue weighted by molar-refractivity contribution is 0.736. The van der Waals surface area contributed by atoms with E-state index < -0.39 is 0 Å². The highest BCUT2D eigenvalue weighted by atomic mass is 35.5. The third-order valence-corrected chi connectivity index (χ3v) is 2.14. The summed E-state index contributed by atoms with van der Waals surface area (Å²) in [7, 11) is 0. The number of hydrogen-bond donors (Lipinski definition) is 0. The topological polar surface area (TPSA) is 3.24 Å². The summed E-state index contributed by atoms with van der Waals surface area (Å²) in [5, 5.41) is 0. The summed E-state index contributed by atoms with van der Waals surface area (Å²) in [6.07, 6.45) is 1.69. The van der Waals surface area contributed by atoms with Gasteiger partial charge in [-0.2, -0.15) is 0 Å². The molecule has 0 fully saturated rings. The van der Waals surface area contributed by atoms with Crippen LogP contribution in [0.4, 0.5) is 0 Å². The van der Waals surface area contributed by atoms with Crippen LogP contribution in [0, 0.1) is 0 Å². The second-order valence-corrected chi connectivity index (χ2v) is 3.16. The minimum Gasteiger partial charge on any atom is -0.280 e. The molecule has 0 aromatic carbocycles. The number of hydrogen-bond acceptors (Lipinski definition) is 2. The van der Waals surface area contributed by atoms with Crippen molar-refractivity contribution < 1.29 is 0 Å². The molecule has 1 nitrogen and oxygen atoms in total. The Hall–Kier alpha value is 0.470. The highest BCUT2D eigenvalue weighted by Crippen LogP contribution is 2.28. The van der Waals surface area contributed by atoms with Gasteiger partial charge < -0.3 is 0 Å². The van der Waals surface area contributed by atoms with Crippen LogP contribution in [0.25, 0.3) is 0 Å². The molecule has 4 heteroatoms. The lowest BCUT2D eigenvalue weighted by Crippen LogP contribution is -1.93. The van der Waals surface area contributed by atoms with E-state index in [0.717, 1.165) is 10.2 Å². The van der Waals surface area contributed by atoms with Crippen molar-refractivity contribution in [1.82, 2.24) is 4.42 Å². The van der Waals surface area contributed by atoms with Crippen LogP contribution >= 0.6 is 35.1 Å². The molecule has 7 heavy (non-hydrogen) atoms. The van der Waals surface area contributed by atoms with Crippen LogP contribution in [0.5, 0.6) is 0 Å². The van der Waals surface area contributed by atoms with Gasteiger partial charge in [-0.25, -0.2) is 0 Å². The first-order valence-corrected chi connectivity index (χ1v) is 3.42. The van der Waals surface area contributed by atoms with E-state index >= 15 is 0 Å². The standard InChI is InChI=1S/C3H3Cl2NS/c4-3-1-6(5)2-7-3/h1H,2H2. The van der Waals surface area contributed by atoms with Gasteiger partial charge in [0.2, 0.25) is 0 Å². The first-order valence-electron chi connectivity index (χ1n) is 1.71. The Labute approximate surface area is 56.4 Å². The Bertz CT molecular complexity index is 103. The van der Waals surface area contributed by atoms with E-state index in [-0.39, 0.29) is 0 Å². The zero-order valence-corrected chi connectivity index (χ0v) is 5.72. The fraction of sp³-hybridized carbons (Fsp3) is 0.333. The molecule has 0 bridgehead atoms. The highest BCUT2D eigenvalue weighted by molar-refractivity contribution is 8.04. The molecule has 1 heterocycles. The van der Waals surface area contributed by atoms with Crippen LogP contribution in [-0.2, 0) is 0 Å². The molecule has 0 spiro atoms. The molecule has 0 saturated carbocycles. The van der Waals surface area contributed by atoms with Gasteiger partial charge in [-0.3, -0.25) is 4.42 Å². The second-order valence-electron chi connectivity index (χ2n) is 1.11. The van der Waals surface area contributed by atoms with Crippen LogP contribution in [0.1, 0.15) is 0 Å². The number of halogens is 2. The predicted octanol–water partition coefficient (Wildman–Crippen LogP) is 2.18. The van der Waals surface area contributed by atoms with Gasteiger partial charge in [0.05, 0.1) is 10.2 Å². The van der Waals surface area contributed by atoms with Crippen molar-refractivity contribution in [2.45, 2.75) is 0 Å². The van der Waals surface area contributed by atoms with Crippen LogP contribution < -0.4 is 0 Å². The van der Waals surface area contributed by atoms with Gasteiger partial charge in [0.1, 0.15) is 0 Å². The molecule has 1 rings (SSSR count). The predicted molar refractivity (Wildman–Crippen MR) is 34.1 cm³/mol. The molecule has 0 unspecified atom stereocenters. The van der Waals surface area contributed by atoms with Crippen molar-refractivity contribution in [2.24, 2.45) is 0 Å². The van der Waals surface area contributed by atoms with Gasteiger partial charge in [-0.1, -0.05) is 23.4 Å². The molecule has 0 amide bonds. The zero-order valence-electron chi connectivity index (χ0n) is 3.40. The first-order chi connectivity index (χ1) is 3.29. The number of nitrogens with zero attached hydrogens (tertiary/aromatic N) is 1. The van der Waals surface area contributed by atoms with Gasteiger partial charge in [0.15, 0.2) is 0 Å². The molecule has 1 aliphatic rings. The summed E-state index contributed by atoms with van der Waals surface area (Å²) in [5.41, 5.74) is 0. The van der Waals surface area contributed by atoms with Crippen LogP contribution in [0.15, 0.2) is 10.6 Å². The molecule has 40 valence electrons. The fourth-order valence-corrected chi connectivity index (χ4v) is 1.45. The molecule has 0 atom stereocenters. The van der Waals surface area contributed by atoms with Crippen molar-refractivity contribution in [3.05, 3.63) is 10.6 Å². The van der Waals surface area contributed by atoms with Crippen molar-refractivity contribution in [3.8, 4) is 0 Å². The van der Waals surface area contributed by atoms with E-state index in [2.05, 4.69) is 0 Å². The minimum absolute atomic E-state index is 0.759. The molecule has 0 radical (unpaired) electrons. The number of rotatable bonds is 0. The Kier molecular flexibility index (Phi) is 1.73. The molecular formula is C3H3Cl2NS. The van der Waals surface area contributed by atoms with Crippen molar-refractivity contribution in [3.63, 3.8) is 0 Å². The Morgan fingerprint density at radius 1 is 1.86 bits per heavy atom. The Morgan fingerprint density at radius 3 is 2.71 bits per heavy atom. The van der Waals surface area contributed by atoms with Crippen LogP contribution in [0.3, 0.4) is 0 Å². The molecule has 0 saturated heterocycles. The maximum Gasteiger partial charge on any atom is 0.0925 e. The average Bonchev–Trinajstić information content (AvgIpc) is 1.87. The lowest BCUT2D eigenvalue weighted by Gasteiger charge is -1.95. The average molecular weight is 156 g/mol. The SMILES string of the molecule is ClC1=CN(Cl)CS1. The van der Waals surface area contributed by atoms with Gasteiger partial charge >= 0.3 is 0 Å². The van der Waals surface area contributed by atoms with E-state index in [4.69, 9.17) is 23.4 Å². The van der Waals surface area contributed by atoms with E-state index in [1.165, 1.54) is 16.2 Å². The maximum absolute atomic E-state index is 5.51. The van der Waals surface area contributed by atoms with Gasteiger partial charge in [-0.05, 0) is 0 Å². The van der Waals surface area contributed by atoms with E-state index in [9.17, 15) is 0 Å². The largest absolute Gasteiger partial charge is 0.280 e. The maximum atomic E-state index is 5.51. The summed E-state index contributed by atoms with van der Waals surface area (Å²) in [6, 6.07) is 0. The van der Waals surface area contributed by atoms with Gasteiger partial charge in [0, 0.05) is 18.0 Å². The quantitative estimate of drug-likeness (QED) is 0.494. The normalized spacial score (nSPS) is 20.3. The molecule has 1 aliphatic heterocycles. The molecular weight excluding hydrogens is 153 g/mol. The van der Waals surface area contributed by atoms with E-state index in [0.29, 0.717) is 0 Å². The Balaban J connectivity index is 2.50. The minimum atomic E-state index is 0.759. The Morgan fingerprint density at radius 2 is 2.57 bits per heavy atom. The highest BCUT2D eigenvalue weighted by Gasteiger charge is 2.06. The van der Waals surface area contributed by atoms with Gasteiger partial charge in [0.25, 0.3) is 0 Å². The molecule has 0 aromatic heterocycles. The summed E-state index contributed by atoms with van der Waals surface area (Å²) >= 11 is 12.5. The molecule has 0 aliphatic carbocycles. The second kappa shape index (κ2) is 2.16. The summed E-state index contributed by atoms with van der Waals surface area (Å²) in [6.45, 7) is 0. The van der Waals surface area contributed by atoms with Crippen LogP contribution in [-0.4, -0.2) is 10.3 Å². The van der Waals surface area contributed by atoms with Crippen molar-refractivity contribution >= 4 is 35.1 Å². The molecule has 0 N–H and O–H groups in total. The lowest BCUT2D eigenvalue weighted by atomic mass is 11.0. The summed E-state index contributed by atoms with van der Waals surface area (Å²) in [4.78, 5) is 0. The van der Waals surface area contributed by atoms with E-state index in [1.54, 1.807) is 6.20 Å². The van der Waals surface area contributed by atoms with Crippen molar-refractivity contribution in [1.29, 1.82) is 0 Å². The van der Waals surface area contributed by atoms with Crippen LogP contribution in [0.2, 0.25) is 0 Å². The summed E-state index contributed by atoms with van der Waals surface area (Å²) in [5.74, 6) is 0.764. The monoisotopic (exact) mass is 155 g/mol. The zero-order chi connectivity index (χ0) is 5.28. The van der Waals surface area contributed by atoms with Gasteiger partial charge in [-0.15, -0.1) is 0 Å². The molecule has 0 aromatic rings.